The Labute approximate surface area is 244 Å². The topological polar surface area (TPSA) is 16.4 Å². The van der Waals surface area contributed by atoms with Crippen LogP contribution in [0.2, 0.25) is 0 Å². The second-order valence-electron chi connectivity index (χ2n) is 10.6. The first-order valence-corrected chi connectivity index (χ1v) is 14.3. The second kappa shape index (κ2) is 10.1. The predicted molar refractivity (Wildman–Crippen MR) is 177 cm³/mol. The predicted octanol–water partition coefficient (Wildman–Crippen LogP) is 11.5. The standard InChI is InChI=1S/C40H27NO/c1-2-14-33(15-3-1)41(34-16-10-13-30(26-34)31-22-21-28-11-4-5-12-29(28)25-31)38-19-8-6-17-35(38)32-23-24-37-36-18-7-9-20-39(36)42-40(37)27-32/h1-27H. The summed E-state index contributed by atoms with van der Waals surface area (Å²) >= 11 is 0. The van der Waals surface area contributed by atoms with E-state index in [1.807, 2.05) is 12.1 Å². The molecular formula is C40H27NO. The van der Waals surface area contributed by atoms with Crippen molar-refractivity contribution in [2.45, 2.75) is 0 Å². The molecule has 8 aromatic rings. The van der Waals surface area contributed by atoms with E-state index in [2.05, 4.69) is 157 Å². The molecule has 1 heterocycles. The number of furan rings is 1. The van der Waals surface area contributed by atoms with Crippen LogP contribution in [0.4, 0.5) is 17.1 Å². The number of anilines is 3. The molecule has 0 saturated carbocycles. The molecule has 0 aliphatic carbocycles. The molecule has 7 aromatic carbocycles. The van der Waals surface area contributed by atoms with Gasteiger partial charge in [-0.15, -0.1) is 0 Å². The van der Waals surface area contributed by atoms with Crippen LogP contribution < -0.4 is 4.90 Å². The highest BCUT2D eigenvalue weighted by Crippen LogP contribution is 2.43. The van der Waals surface area contributed by atoms with Crippen molar-refractivity contribution in [3.05, 3.63) is 164 Å². The molecule has 42 heavy (non-hydrogen) atoms. The van der Waals surface area contributed by atoms with Crippen molar-refractivity contribution in [2.24, 2.45) is 0 Å². The molecule has 0 aliphatic heterocycles. The molecule has 0 amide bonds. The van der Waals surface area contributed by atoms with Gasteiger partial charge in [-0.1, -0.05) is 109 Å². The molecule has 0 atom stereocenters. The molecule has 0 radical (unpaired) electrons. The van der Waals surface area contributed by atoms with Crippen LogP contribution in [0.1, 0.15) is 0 Å². The lowest BCUT2D eigenvalue weighted by molar-refractivity contribution is 0.669. The van der Waals surface area contributed by atoms with E-state index in [4.69, 9.17) is 4.42 Å². The van der Waals surface area contributed by atoms with Gasteiger partial charge in [-0.25, -0.2) is 0 Å². The Balaban J connectivity index is 1.28. The second-order valence-corrected chi connectivity index (χ2v) is 10.6. The summed E-state index contributed by atoms with van der Waals surface area (Å²) in [5.41, 5.74) is 9.75. The van der Waals surface area contributed by atoms with Crippen LogP contribution in [-0.4, -0.2) is 0 Å². The average molecular weight is 538 g/mol. The van der Waals surface area contributed by atoms with Crippen molar-refractivity contribution in [1.29, 1.82) is 0 Å². The average Bonchev–Trinajstić information content (AvgIpc) is 3.43. The molecule has 8 rings (SSSR count). The number of hydrogen-bond donors (Lipinski definition) is 0. The summed E-state index contributed by atoms with van der Waals surface area (Å²) in [6, 6.07) is 58.0. The first kappa shape index (κ1) is 24.2. The molecule has 0 N–H and O–H groups in total. The lowest BCUT2D eigenvalue weighted by Gasteiger charge is -2.28. The quantitative estimate of drug-likeness (QED) is 0.217. The minimum absolute atomic E-state index is 0.896. The number of fused-ring (bicyclic) bond motifs is 4. The van der Waals surface area contributed by atoms with Crippen LogP contribution in [-0.2, 0) is 0 Å². The SMILES string of the molecule is c1ccc(N(c2cccc(-c3ccc4ccccc4c3)c2)c2ccccc2-c2ccc3c(c2)oc2ccccc23)cc1. The molecule has 0 bridgehead atoms. The molecule has 1 aromatic heterocycles. The van der Waals surface area contributed by atoms with Gasteiger partial charge in [-0.2, -0.15) is 0 Å². The van der Waals surface area contributed by atoms with E-state index in [-0.39, 0.29) is 0 Å². The highest BCUT2D eigenvalue weighted by atomic mass is 16.3. The number of nitrogens with zero attached hydrogens (tertiary/aromatic N) is 1. The zero-order valence-corrected chi connectivity index (χ0v) is 22.9. The summed E-state index contributed by atoms with van der Waals surface area (Å²) in [5, 5.41) is 4.77. The van der Waals surface area contributed by atoms with Crippen molar-refractivity contribution in [2.75, 3.05) is 4.90 Å². The molecule has 0 aliphatic rings. The molecule has 198 valence electrons. The van der Waals surface area contributed by atoms with E-state index < -0.39 is 0 Å². The maximum absolute atomic E-state index is 6.27. The van der Waals surface area contributed by atoms with Gasteiger partial charge in [0.25, 0.3) is 0 Å². The minimum atomic E-state index is 0.896. The van der Waals surface area contributed by atoms with Gasteiger partial charge in [0.2, 0.25) is 0 Å². The Kier molecular flexibility index (Phi) is 5.82. The van der Waals surface area contributed by atoms with Crippen LogP contribution >= 0.6 is 0 Å². The number of hydrogen-bond acceptors (Lipinski definition) is 2. The Morgan fingerprint density at radius 3 is 2.00 bits per heavy atom. The van der Waals surface area contributed by atoms with Crippen LogP contribution in [0.25, 0.3) is 55.0 Å². The molecule has 0 unspecified atom stereocenters. The zero-order valence-electron chi connectivity index (χ0n) is 22.9. The summed E-state index contributed by atoms with van der Waals surface area (Å²) < 4.78 is 6.27. The third-order valence-corrected chi connectivity index (χ3v) is 8.04. The fourth-order valence-corrected chi connectivity index (χ4v) is 6.00. The van der Waals surface area contributed by atoms with E-state index in [9.17, 15) is 0 Å². The first-order valence-electron chi connectivity index (χ1n) is 14.3. The molecule has 2 heteroatoms. The summed E-state index contributed by atoms with van der Waals surface area (Å²) in [6.45, 7) is 0. The minimum Gasteiger partial charge on any atom is -0.456 e. The summed E-state index contributed by atoms with van der Waals surface area (Å²) in [7, 11) is 0. The van der Waals surface area contributed by atoms with E-state index in [0.717, 1.165) is 50.1 Å². The molecule has 0 saturated heterocycles. The Hall–Kier alpha value is -5.60. The fraction of sp³-hybridized carbons (Fsp3) is 0. The smallest absolute Gasteiger partial charge is 0.136 e. The van der Waals surface area contributed by atoms with Gasteiger partial charge in [0.15, 0.2) is 0 Å². The van der Waals surface area contributed by atoms with Crippen molar-refractivity contribution in [3.8, 4) is 22.3 Å². The van der Waals surface area contributed by atoms with E-state index in [1.54, 1.807) is 0 Å². The molecule has 0 fully saturated rings. The highest BCUT2D eigenvalue weighted by Gasteiger charge is 2.18. The third kappa shape index (κ3) is 4.22. The maximum atomic E-state index is 6.27. The van der Waals surface area contributed by atoms with Gasteiger partial charge in [0.1, 0.15) is 11.2 Å². The number of rotatable bonds is 5. The van der Waals surface area contributed by atoms with E-state index in [0.29, 0.717) is 0 Å². The normalized spacial score (nSPS) is 11.3. The number of para-hydroxylation sites is 3. The van der Waals surface area contributed by atoms with Crippen molar-refractivity contribution in [1.82, 2.24) is 0 Å². The molecule has 0 spiro atoms. The van der Waals surface area contributed by atoms with E-state index >= 15 is 0 Å². The maximum Gasteiger partial charge on any atom is 0.136 e. The summed E-state index contributed by atoms with van der Waals surface area (Å²) in [5.74, 6) is 0. The fourth-order valence-electron chi connectivity index (χ4n) is 6.00. The Morgan fingerprint density at radius 1 is 0.381 bits per heavy atom. The lowest BCUT2D eigenvalue weighted by atomic mass is 9.99. The summed E-state index contributed by atoms with van der Waals surface area (Å²) in [6.07, 6.45) is 0. The van der Waals surface area contributed by atoms with Gasteiger partial charge in [0.05, 0.1) is 5.69 Å². The Bertz CT molecular complexity index is 2210. The zero-order chi connectivity index (χ0) is 27.9. The van der Waals surface area contributed by atoms with Crippen molar-refractivity contribution >= 4 is 49.8 Å². The van der Waals surface area contributed by atoms with Crippen LogP contribution in [0.3, 0.4) is 0 Å². The molecule has 2 nitrogen and oxygen atoms in total. The van der Waals surface area contributed by atoms with Gasteiger partial charge in [-0.3, -0.25) is 0 Å². The van der Waals surface area contributed by atoms with Gasteiger partial charge in [-0.05, 0) is 82.1 Å². The van der Waals surface area contributed by atoms with Crippen LogP contribution in [0.5, 0.6) is 0 Å². The van der Waals surface area contributed by atoms with Crippen molar-refractivity contribution in [3.63, 3.8) is 0 Å². The largest absolute Gasteiger partial charge is 0.456 e. The lowest BCUT2D eigenvalue weighted by Crippen LogP contribution is -2.11. The van der Waals surface area contributed by atoms with Gasteiger partial charge in [0, 0.05) is 27.7 Å². The van der Waals surface area contributed by atoms with Crippen LogP contribution in [0, 0.1) is 0 Å². The first-order chi connectivity index (χ1) is 20.8. The highest BCUT2D eigenvalue weighted by molar-refractivity contribution is 6.06. The van der Waals surface area contributed by atoms with Gasteiger partial charge >= 0.3 is 0 Å². The Morgan fingerprint density at radius 2 is 1.07 bits per heavy atom. The van der Waals surface area contributed by atoms with Crippen molar-refractivity contribution < 1.29 is 4.42 Å². The van der Waals surface area contributed by atoms with Crippen LogP contribution in [0.15, 0.2) is 168 Å². The number of benzene rings is 7. The van der Waals surface area contributed by atoms with E-state index in [1.165, 1.54) is 21.9 Å². The molecular weight excluding hydrogens is 510 g/mol. The van der Waals surface area contributed by atoms with Gasteiger partial charge < -0.3 is 9.32 Å². The summed E-state index contributed by atoms with van der Waals surface area (Å²) in [4.78, 5) is 2.35. The third-order valence-electron chi connectivity index (χ3n) is 8.04. The monoisotopic (exact) mass is 537 g/mol.